The van der Waals surface area contributed by atoms with E-state index < -0.39 is 16.1 Å². The van der Waals surface area contributed by atoms with E-state index in [0.717, 1.165) is 11.8 Å². The minimum Gasteiger partial charge on any atom is -0.352 e. The Balaban J connectivity index is 2.26. The molecule has 1 N–H and O–H groups in total. The van der Waals surface area contributed by atoms with E-state index >= 15 is 0 Å². The van der Waals surface area contributed by atoms with Crippen LogP contribution < -0.4 is 9.62 Å². The summed E-state index contributed by atoms with van der Waals surface area (Å²) >= 11 is 12.6. The lowest BCUT2D eigenvalue weighted by atomic mass is 10.1. The van der Waals surface area contributed by atoms with Crippen LogP contribution in [0.4, 0.5) is 5.69 Å². The molecule has 0 aliphatic rings. The van der Waals surface area contributed by atoms with Crippen molar-refractivity contribution in [2.75, 3.05) is 17.1 Å². The summed E-state index contributed by atoms with van der Waals surface area (Å²) in [5, 5.41) is 3.86. The van der Waals surface area contributed by atoms with Crippen molar-refractivity contribution in [1.82, 2.24) is 10.2 Å². The van der Waals surface area contributed by atoms with E-state index in [9.17, 15) is 18.0 Å². The molecule has 0 saturated carbocycles. The van der Waals surface area contributed by atoms with Crippen molar-refractivity contribution in [3.8, 4) is 0 Å². The van der Waals surface area contributed by atoms with Gasteiger partial charge < -0.3 is 10.2 Å². The molecule has 0 aliphatic carbocycles. The van der Waals surface area contributed by atoms with Crippen molar-refractivity contribution in [1.29, 1.82) is 0 Å². The van der Waals surface area contributed by atoms with Gasteiger partial charge in [-0.15, -0.1) is 0 Å². The standard InChI is InChI=1S/C26H35Cl2N3O4S/c1-6-23(26(33)29-18(2)3)30(17-20-11-7-8-12-22(20)28)25(32)15-10-16-31(36(5,34)35)24-14-9-13-21(27)19(24)4/h7-9,11-14,18,23H,6,10,15-17H2,1-5H3,(H,29,33)/t23-/m0/s1. The Bertz CT molecular complexity index is 1170. The van der Waals surface area contributed by atoms with Gasteiger partial charge in [-0.1, -0.05) is 54.4 Å². The molecule has 198 valence electrons. The van der Waals surface area contributed by atoms with Crippen LogP contribution in [0.2, 0.25) is 10.0 Å². The van der Waals surface area contributed by atoms with Crippen LogP contribution in [-0.4, -0.2) is 50.0 Å². The summed E-state index contributed by atoms with van der Waals surface area (Å²) in [5.41, 5.74) is 1.86. The largest absolute Gasteiger partial charge is 0.352 e. The zero-order valence-electron chi connectivity index (χ0n) is 21.4. The van der Waals surface area contributed by atoms with E-state index in [0.29, 0.717) is 27.7 Å². The number of sulfonamides is 1. The highest BCUT2D eigenvalue weighted by Gasteiger charge is 2.29. The van der Waals surface area contributed by atoms with Gasteiger partial charge in [-0.3, -0.25) is 13.9 Å². The minimum absolute atomic E-state index is 0.0571. The summed E-state index contributed by atoms with van der Waals surface area (Å²) in [5.74, 6) is -0.489. The van der Waals surface area contributed by atoms with Gasteiger partial charge in [0, 0.05) is 35.6 Å². The van der Waals surface area contributed by atoms with Crippen molar-refractivity contribution in [3.05, 3.63) is 63.6 Å². The Morgan fingerprint density at radius 3 is 2.25 bits per heavy atom. The molecule has 10 heteroatoms. The molecule has 2 rings (SSSR count). The fourth-order valence-corrected chi connectivity index (χ4v) is 5.34. The number of nitrogens with one attached hydrogen (secondary N) is 1. The predicted molar refractivity (Wildman–Crippen MR) is 147 cm³/mol. The van der Waals surface area contributed by atoms with Gasteiger partial charge in [0.25, 0.3) is 0 Å². The summed E-state index contributed by atoms with van der Waals surface area (Å²) in [6.45, 7) is 7.60. The second-order valence-corrected chi connectivity index (χ2v) is 11.7. The highest BCUT2D eigenvalue weighted by Crippen LogP contribution is 2.28. The van der Waals surface area contributed by atoms with E-state index in [2.05, 4.69) is 5.32 Å². The molecule has 2 aromatic carbocycles. The quantitative estimate of drug-likeness (QED) is 0.391. The monoisotopic (exact) mass is 555 g/mol. The van der Waals surface area contributed by atoms with Gasteiger partial charge in [-0.05, 0) is 62.9 Å². The molecule has 0 aliphatic heterocycles. The summed E-state index contributed by atoms with van der Waals surface area (Å²) in [6.07, 6.45) is 1.87. The first-order chi connectivity index (χ1) is 16.9. The fourth-order valence-electron chi connectivity index (χ4n) is 3.96. The van der Waals surface area contributed by atoms with E-state index in [4.69, 9.17) is 23.2 Å². The van der Waals surface area contributed by atoms with Crippen molar-refractivity contribution in [2.24, 2.45) is 0 Å². The molecule has 0 heterocycles. The molecule has 0 unspecified atom stereocenters. The maximum absolute atomic E-state index is 13.5. The summed E-state index contributed by atoms with van der Waals surface area (Å²) in [6, 6.07) is 11.5. The average molecular weight is 557 g/mol. The Morgan fingerprint density at radius 1 is 1.03 bits per heavy atom. The average Bonchev–Trinajstić information content (AvgIpc) is 2.78. The highest BCUT2D eigenvalue weighted by atomic mass is 35.5. The molecule has 7 nitrogen and oxygen atoms in total. The van der Waals surface area contributed by atoms with Gasteiger partial charge in [-0.2, -0.15) is 0 Å². The molecular formula is C26H35Cl2N3O4S. The van der Waals surface area contributed by atoms with Gasteiger partial charge >= 0.3 is 0 Å². The van der Waals surface area contributed by atoms with Crippen LogP contribution in [-0.2, 0) is 26.2 Å². The number of anilines is 1. The molecule has 0 spiro atoms. The summed E-state index contributed by atoms with van der Waals surface area (Å²) in [7, 11) is -3.61. The fraction of sp³-hybridized carbons (Fsp3) is 0.462. The van der Waals surface area contributed by atoms with Crippen LogP contribution >= 0.6 is 23.2 Å². The third kappa shape index (κ3) is 8.11. The molecule has 0 saturated heterocycles. The Morgan fingerprint density at radius 2 is 1.67 bits per heavy atom. The van der Waals surface area contributed by atoms with Gasteiger partial charge in [-0.25, -0.2) is 8.42 Å². The molecule has 0 aromatic heterocycles. The molecule has 2 aromatic rings. The van der Waals surface area contributed by atoms with Crippen molar-refractivity contribution in [2.45, 2.75) is 65.6 Å². The number of carbonyl (C=O) groups is 2. The normalized spacial score (nSPS) is 12.3. The van der Waals surface area contributed by atoms with Crippen LogP contribution in [0.5, 0.6) is 0 Å². The molecule has 1 atom stereocenters. The molecule has 0 radical (unpaired) electrons. The number of halogens is 2. The molecule has 0 fully saturated rings. The molecule has 0 bridgehead atoms. The summed E-state index contributed by atoms with van der Waals surface area (Å²) < 4.78 is 26.4. The SMILES string of the molecule is CC[C@@H](C(=O)NC(C)C)N(Cc1ccccc1Cl)C(=O)CCCN(c1cccc(Cl)c1C)S(C)(=O)=O. The van der Waals surface area contributed by atoms with Gasteiger partial charge in [0.1, 0.15) is 6.04 Å². The van der Waals surface area contributed by atoms with Crippen molar-refractivity contribution in [3.63, 3.8) is 0 Å². The molecule has 36 heavy (non-hydrogen) atoms. The van der Waals surface area contributed by atoms with Gasteiger partial charge in [0.15, 0.2) is 0 Å². The van der Waals surface area contributed by atoms with Crippen LogP contribution in [0.25, 0.3) is 0 Å². The lowest BCUT2D eigenvalue weighted by Crippen LogP contribution is -2.50. The topological polar surface area (TPSA) is 86.8 Å². The lowest BCUT2D eigenvalue weighted by Gasteiger charge is -2.32. The number of rotatable bonds is 12. The third-order valence-corrected chi connectivity index (χ3v) is 7.73. The minimum atomic E-state index is -3.61. The summed E-state index contributed by atoms with van der Waals surface area (Å²) in [4.78, 5) is 27.9. The smallest absolute Gasteiger partial charge is 0.243 e. The third-order valence-electron chi connectivity index (χ3n) is 5.78. The van der Waals surface area contributed by atoms with E-state index in [-0.39, 0.29) is 43.8 Å². The Hall–Kier alpha value is -2.29. The van der Waals surface area contributed by atoms with Crippen LogP contribution in [0.3, 0.4) is 0 Å². The Labute approximate surface area is 224 Å². The zero-order valence-corrected chi connectivity index (χ0v) is 23.8. The second-order valence-electron chi connectivity index (χ2n) is 9.02. The lowest BCUT2D eigenvalue weighted by molar-refractivity contribution is -0.141. The number of hydrogen-bond donors (Lipinski definition) is 1. The molecule has 2 amide bonds. The zero-order chi connectivity index (χ0) is 27.0. The number of carbonyl (C=O) groups excluding carboxylic acids is 2. The van der Waals surface area contributed by atoms with Crippen molar-refractivity contribution < 1.29 is 18.0 Å². The Kier molecular flexibility index (Phi) is 11.1. The van der Waals surface area contributed by atoms with Crippen LogP contribution in [0, 0.1) is 6.92 Å². The number of amides is 2. The first-order valence-corrected chi connectivity index (χ1v) is 14.5. The van der Waals surface area contributed by atoms with Crippen LogP contribution in [0.15, 0.2) is 42.5 Å². The van der Waals surface area contributed by atoms with E-state index in [1.807, 2.05) is 32.9 Å². The van der Waals surface area contributed by atoms with Gasteiger partial charge in [0.05, 0.1) is 11.9 Å². The first-order valence-electron chi connectivity index (χ1n) is 11.9. The van der Waals surface area contributed by atoms with E-state index in [1.54, 1.807) is 37.3 Å². The maximum atomic E-state index is 13.5. The van der Waals surface area contributed by atoms with E-state index in [1.165, 1.54) is 9.21 Å². The van der Waals surface area contributed by atoms with Crippen molar-refractivity contribution >= 4 is 50.7 Å². The van der Waals surface area contributed by atoms with Crippen LogP contribution in [0.1, 0.15) is 51.2 Å². The predicted octanol–water partition coefficient (Wildman–Crippen LogP) is 5.18. The first kappa shape index (κ1) is 29.9. The number of benzene rings is 2. The molecular weight excluding hydrogens is 521 g/mol. The maximum Gasteiger partial charge on any atom is 0.243 e. The second kappa shape index (κ2) is 13.3. The number of nitrogens with zero attached hydrogens (tertiary/aromatic N) is 2. The number of hydrogen-bond acceptors (Lipinski definition) is 4. The van der Waals surface area contributed by atoms with Gasteiger partial charge in [0.2, 0.25) is 21.8 Å². The highest BCUT2D eigenvalue weighted by molar-refractivity contribution is 7.92.